The molecule has 0 unspecified atom stereocenters. The largest absolute Gasteiger partial charge is 0.417 e. The van der Waals surface area contributed by atoms with Crippen molar-refractivity contribution in [2.45, 2.75) is 13.1 Å². The molecular formula is C20H15Cl2F3N2O3. The van der Waals surface area contributed by atoms with Gasteiger partial charge in [-0.3, -0.25) is 9.59 Å². The molecule has 2 aromatic rings. The molecule has 158 valence electrons. The van der Waals surface area contributed by atoms with Crippen LogP contribution in [0.3, 0.4) is 0 Å². The zero-order valence-electron chi connectivity index (χ0n) is 15.7. The Morgan fingerprint density at radius 1 is 1.07 bits per heavy atom. The zero-order chi connectivity index (χ0) is 22.5. The summed E-state index contributed by atoms with van der Waals surface area (Å²) >= 11 is 11.6. The maximum absolute atomic E-state index is 13.6. The van der Waals surface area contributed by atoms with E-state index in [9.17, 15) is 22.8 Å². The van der Waals surface area contributed by atoms with Crippen molar-refractivity contribution in [3.8, 4) is 0 Å². The lowest BCUT2D eigenvalue weighted by Gasteiger charge is -2.13. The Bertz CT molecular complexity index is 1010. The van der Waals surface area contributed by atoms with Gasteiger partial charge >= 0.3 is 6.18 Å². The van der Waals surface area contributed by atoms with Crippen LogP contribution in [0.2, 0.25) is 10.0 Å². The van der Waals surface area contributed by atoms with Gasteiger partial charge in [0.05, 0.1) is 5.57 Å². The number of aryl methyl sites for hydroxylation is 1. The molecule has 1 amide bonds. The number of carbonyl (C=O) groups is 2. The molecule has 1 N–H and O–H groups in total. The van der Waals surface area contributed by atoms with E-state index in [4.69, 9.17) is 23.2 Å². The number of nitrogens with one attached hydrogen (secondary N) is 1. The maximum Gasteiger partial charge on any atom is 0.417 e. The SMILES string of the molecule is CO/N=C/NC(=O)c1ccc(C(=O)/C=C(\c2cc(Cl)cc(Cl)c2)C(F)(F)F)cc1C. The molecule has 0 fully saturated rings. The minimum absolute atomic E-state index is 0.00308. The average molecular weight is 459 g/mol. The number of allylic oxidation sites excluding steroid dienone is 2. The highest BCUT2D eigenvalue weighted by Gasteiger charge is 2.35. The zero-order valence-corrected chi connectivity index (χ0v) is 17.2. The first kappa shape index (κ1) is 23.4. The normalized spacial score (nSPS) is 12.2. The Balaban J connectivity index is 2.39. The van der Waals surface area contributed by atoms with Crippen molar-refractivity contribution in [1.82, 2.24) is 5.32 Å². The van der Waals surface area contributed by atoms with Crippen molar-refractivity contribution in [1.29, 1.82) is 0 Å². The smallest absolute Gasteiger partial charge is 0.398 e. The number of amides is 1. The summed E-state index contributed by atoms with van der Waals surface area (Å²) in [6, 6.07) is 7.33. The molecule has 0 saturated heterocycles. The highest BCUT2D eigenvalue weighted by molar-refractivity contribution is 6.35. The number of hydrogen-bond acceptors (Lipinski definition) is 4. The number of halogens is 5. The quantitative estimate of drug-likeness (QED) is 0.205. The van der Waals surface area contributed by atoms with Crippen LogP contribution in [0.25, 0.3) is 5.57 Å². The third-order valence-electron chi connectivity index (χ3n) is 3.86. The van der Waals surface area contributed by atoms with E-state index in [1.54, 1.807) is 6.92 Å². The third kappa shape index (κ3) is 6.08. The number of rotatable bonds is 6. The van der Waals surface area contributed by atoms with Crippen LogP contribution in [0.4, 0.5) is 13.2 Å². The summed E-state index contributed by atoms with van der Waals surface area (Å²) in [5.74, 6) is -1.41. The monoisotopic (exact) mass is 458 g/mol. The van der Waals surface area contributed by atoms with Crippen LogP contribution in [-0.4, -0.2) is 31.3 Å². The van der Waals surface area contributed by atoms with Gasteiger partial charge in [0.2, 0.25) is 0 Å². The lowest BCUT2D eigenvalue weighted by atomic mass is 9.98. The molecule has 0 atom stereocenters. The van der Waals surface area contributed by atoms with E-state index in [1.807, 2.05) is 0 Å². The lowest BCUT2D eigenvalue weighted by molar-refractivity contribution is -0.0689. The molecule has 2 rings (SSSR count). The van der Waals surface area contributed by atoms with E-state index in [1.165, 1.54) is 31.4 Å². The highest BCUT2D eigenvalue weighted by Crippen LogP contribution is 2.36. The molecule has 0 bridgehead atoms. The first-order valence-electron chi connectivity index (χ1n) is 8.29. The summed E-state index contributed by atoms with van der Waals surface area (Å²) in [6.07, 6.45) is -3.31. The van der Waals surface area contributed by atoms with Gasteiger partial charge in [-0.05, 0) is 54.5 Å². The van der Waals surface area contributed by atoms with Crippen molar-refractivity contribution in [2.24, 2.45) is 5.16 Å². The molecule has 0 aliphatic carbocycles. The molecule has 0 radical (unpaired) electrons. The molecule has 0 spiro atoms. The Labute approximate surface area is 180 Å². The number of ketones is 1. The van der Waals surface area contributed by atoms with Gasteiger partial charge in [0.25, 0.3) is 5.91 Å². The Hall–Kier alpha value is -2.84. The fraction of sp³-hybridized carbons (Fsp3) is 0.150. The molecule has 2 aromatic carbocycles. The van der Waals surface area contributed by atoms with E-state index in [2.05, 4.69) is 15.3 Å². The summed E-state index contributed by atoms with van der Waals surface area (Å²) in [5.41, 5.74) is -0.942. The van der Waals surface area contributed by atoms with E-state index < -0.39 is 23.4 Å². The van der Waals surface area contributed by atoms with E-state index >= 15 is 0 Å². The predicted molar refractivity (Wildman–Crippen MR) is 109 cm³/mol. The number of nitrogens with zero attached hydrogens (tertiary/aromatic N) is 1. The molecular weight excluding hydrogens is 444 g/mol. The van der Waals surface area contributed by atoms with Crippen molar-refractivity contribution < 1.29 is 27.6 Å². The minimum atomic E-state index is -4.82. The number of benzene rings is 2. The summed E-state index contributed by atoms with van der Waals surface area (Å²) in [4.78, 5) is 29.0. The number of hydrogen-bond donors (Lipinski definition) is 1. The van der Waals surface area contributed by atoms with Gasteiger partial charge in [-0.25, -0.2) is 0 Å². The fourth-order valence-corrected chi connectivity index (χ4v) is 3.07. The van der Waals surface area contributed by atoms with Gasteiger partial charge in [0.1, 0.15) is 13.4 Å². The first-order chi connectivity index (χ1) is 14.0. The standard InChI is InChI=1S/C20H15Cl2F3N2O3/c1-11-5-12(3-4-16(11)19(29)26-10-27-30-2)18(28)9-17(20(23,24)25)13-6-14(21)8-15(22)7-13/h3-10H,1-2H3,(H,26,27,29)/b17-9+. The fourth-order valence-electron chi connectivity index (χ4n) is 2.54. The molecule has 0 aliphatic rings. The maximum atomic E-state index is 13.6. The third-order valence-corrected chi connectivity index (χ3v) is 4.30. The van der Waals surface area contributed by atoms with Crippen molar-refractivity contribution >= 4 is 46.8 Å². The number of oxime groups is 1. The van der Waals surface area contributed by atoms with Gasteiger partial charge in [-0.2, -0.15) is 13.2 Å². The Morgan fingerprint density at radius 2 is 1.70 bits per heavy atom. The topological polar surface area (TPSA) is 67.8 Å². The molecule has 0 aromatic heterocycles. The van der Waals surface area contributed by atoms with Crippen LogP contribution in [-0.2, 0) is 4.84 Å². The Kier molecular flexibility index (Phi) is 7.64. The second kappa shape index (κ2) is 9.77. The summed E-state index contributed by atoms with van der Waals surface area (Å²) in [7, 11) is 1.30. The predicted octanol–water partition coefficient (Wildman–Crippen LogP) is 5.45. The molecule has 10 heteroatoms. The van der Waals surface area contributed by atoms with Gasteiger partial charge in [-0.15, -0.1) is 0 Å². The molecule has 0 aliphatic heterocycles. The van der Waals surface area contributed by atoms with Crippen molar-refractivity contribution in [2.75, 3.05) is 7.11 Å². The number of alkyl halides is 3. The molecule has 5 nitrogen and oxygen atoms in total. The molecule has 0 heterocycles. The van der Waals surface area contributed by atoms with Crippen LogP contribution >= 0.6 is 23.2 Å². The summed E-state index contributed by atoms with van der Waals surface area (Å²) in [5, 5.41) is 5.72. The van der Waals surface area contributed by atoms with Crippen LogP contribution < -0.4 is 5.32 Å². The van der Waals surface area contributed by atoms with Gasteiger partial charge in [0, 0.05) is 21.2 Å². The van der Waals surface area contributed by atoms with Gasteiger partial charge in [-0.1, -0.05) is 34.4 Å². The average Bonchev–Trinajstić information content (AvgIpc) is 2.64. The second-order valence-electron chi connectivity index (χ2n) is 6.00. The van der Waals surface area contributed by atoms with Crippen LogP contribution in [0, 0.1) is 6.92 Å². The van der Waals surface area contributed by atoms with Crippen molar-refractivity contribution in [3.63, 3.8) is 0 Å². The minimum Gasteiger partial charge on any atom is -0.398 e. The second-order valence-corrected chi connectivity index (χ2v) is 6.87. The van der Waals surface area contributed by atoms with Crippen LogP contribution in [0.5, 0.6) is 0 Å². The van der Waals surface area contributed by atoms with E-state index in [0.29, 0.717) is 11.6 Å². The molecule has 30 heavy (non-hydrogen) atoms. The summed E-state index contributed by atoms with van der Waals surface area (Å²) < 4.78 is 40.7. The Morgan fingerprint density at radius 3 is 2.23 bits per heavy atom. The van der Waals surface area contributed by atoms with Crippen LogP contribution in [0.15, 0.2) is 47.6 Å². The van der Waals surface area contributed by atoms with Gasteiger partial charge < -0.3 is 10.2 Å². The van der Waals surface area contributed by atoms with Crippen LogP contribution in [0.1, 0.15) is 31.8 Å². The first-order valence-corrected chi connectivity index (χ1v) is 9.04. The summed E-state index contributed by atoms with van der Waals surface area (Å²) in [6.45, 7) is 1.55. The van der Waals surface area contributed by atoms with E-state index in [-0.39, 0.29) is 26.7 Å². The molecule has 0 saturated carbocycles. The highest BCUT2D eigenvalue weighted by atomic mass is 35.5. The number of carbonyl (C=O) groups excluding carboxylic acids is 2. The van der Waals surface area contributed by atoms with Crippen molar-refractivity contribution in [3.05, 3.63) is 74.8 Å². The van der Waals surface area contributed by atoms with Gasteiger partial charge in [0.15, 0.2) is 5.78 Å². The lowest BCUT2D eigenvalue weighted by Crippen LogP contribution is -2.22. The van der Waals surface area contributed by atoms with E-state index in [0.717, 1.165) is 18.5 Å².